The summed E-state index contributed by atoms with van der Waals surface area (Å²) in [7, 11) is 0. The molecule has 2 aromatic carbocycles. The van der Waals surface area contributed by atoms with E-state index in [0.717, 1.165) is 24.0 Å². The van der Waals surface area contributed by atoms with Crippen molar-refractivity contribution in [2.24, 2.45) is 11.8 Å². The van der Waals surface area contributed by atoms with Gasteiger partial charge in [0.1, 0.15) is 12.6 Å². The topological polar surface area (TPSA) is 105 Å². The number of benzene rings is 2. The molecular weight excluding hydrogens is 420 g/mol. The Bertz CT molecular complexity index is 1030. The maximum Gasteiger partial charge on any atom is 0.407 e. The van der Waals surface area contributed by atoms with Gasteiger partial charge in [-0.1, -0.05) is 48.5 Å². The van der Waals surface area contributed by atoms with Gasteiger partial charge >= 0.3 is 12.1 Å². The quantitative estimate of drug-likeness (QED) is 0.599. The highest BCUT2D eigenvalue weighted by atomic mass is 16.5. The molecule has 0 radical (unpaired) electrons. The Balaban J connectivity index is 1.13. The molecule has 2 fully saturated rings. The first-order valence-electron chi connectivity index (χ1n) is 11.7. The maximum absolute atomic E-state index is 12.5. The lowest BCUT2D eigenvalue weighted by molar-refractivity contribution is -0.143. The molecule has 3 N–H and O–H groups in total. The lowest BCUT2D eigenvalue weighted by Gasteiger charge is -2.18. The van der Waals surface area contributed by atoms with Crippen molar-refractivity contribution in [3.8, 4) is 11.1 Å². The average Bonchev–Trinajstić information content (AvgIpc) is 3.46. The van der Waals surface area contributed by atoms with E-state index in [1.54, 1.807) is 0 Å². The van der Waals surface area contributed by atoms with E-state index < -0.39 is 18.1 Å². The summed E-state index contributed by atoms with van der Waals surface area (Å²) in [6.45, 7) is 0.248. The van der Waals surface area contributed by atoms with Crippen LogP contribution in [0.15, 0.2) is 48.5 Å². The molecular formula is C26H28N2O5. The molecule has 3 aliphatic rings. The maximum atomic E-state index is 12.5. The van der Waals surface area contributed by atoms with E-state index in [-0.39, 0.29) is 36.3 Å². The molecule has 5 rings (SSSR count). The molecule has 0 aliphatic heterocycles. The second-order valence-corrected chi connectivity index (χ2v) is 9.34. The number of alkyl carbamates (subject to hydrolysis) is 1. The lowest BCUT2D eigenvalue weighted by Crippen LogP contribution is -2.45. The first kappa shape index (κ1) is 21.5. The summed E-state index contributed by atoms with van der Waals surface area (Å²) in [6.07, 6.45) is 2.99. The van der Waals surface area contributed by atoms with Crippen LogP contribution in [0.5, 0.6) is 0 Å². The van der Waals surface area contributed by atoms with Gasteiger partial charge in [0.2, 0.25) is 5.91 Å². The van der Waals surface area contributed by atoms with Crippen molar-refractivity contribution in [3.63, 3.8) is 0 Å². The zero-order chi connectivity index (χ0) is 22.9. The second-order valence-electron chi connectivity index (χ2n) is 9.34. The Morgan fingerprint density at radius 2 is 1.58 bits per heavy atom. The monoisotopic (exact) mass is 448 g/mol. The molecule has 2 saturated carbocycles. The molecule has 7 heteroatoms. The Morgan fingerprint density at radius 3 is 2.18 bits per heavy atom. The number of carbonyl (C=O) groups is 3. The first-order chi connectivity index (χ1) is 16.0. The van der Waals surface area contributed by atoms with Crippen molar-refractivity contribution >= 4 is 18.0 Å². The number of carboxylic acids is 1. The number of carbonyl (C=O) groups excluding carboxylic acids is 2. The number of aliphatic carboxylic acids is 1. The highest BCUT2D eigenvalue weighted by molar-refractivity contribution is 5.85. The first-order valence-corrected chi connectivity index (χ1v) is 11.7. The van der Waals surface area contributed by atoms with Crippen LogP contribution < -0.4 is 10.6 Å². The predicted octanol–water partition coefficient (Wildman–Crippen LogP) is 3.67. The van der Waals surface area contributed by atoms with Gasteiger partial charge in [-0.15, -0.1) is 0 Å². The van der Waals surface area contributed by atoms with Crippen LogP contribution in [0.1, 0.15) is 49.1 Å². The fourth-order valence-electron chi connectivity index (χ4n) is 5.24. The van der Waals surface area contributed by atoms with Crippen molar-refractivity contribution in [2.45, 2.75) is 50.1 Å². The van der Waals surface area contributed by atoms with E-state index in [9.17, 15) is 19.5 Å². The molecule has 1 unspecified atom stereocenters. The smallest absolute Gasteiger partial charge is 0.407 e. The zero-order valence-electron chi connectivity index (χ0n) is 18.3. The van der Waals surface area contributed by atoms with Gasteiger partial charge < -0.3 is 20.5 Å². The minimum atomic E-state index is -0.975. The highest BCUT2D eigenvalue weighted by Gasteiger charge is 2.40. The fourth-order valence-corrected chi connectivity index (χ4v) is 5.24. The molecule has 0 aromatic heterocycles. The van der Waals surface area contributed by atoms with Crippen LogP contribution in [0, 0.1) is 11.8 Å². The Labute approximate surface area is 192 Å². The normalized spacial score (nSPS) is 22.2. The van der Waals surface area contributed by atoms with Crippen LogP contribution in [-0.4, -0.2) is 41.8 Å². The van der Waals surface area contributed by atoms with Crippen molar-refractivity contribution in [1.82, 2.24) is 10.6 Å². The van der Waals surface area contributed by atoms with Gasteiger partial charge in [-0.3, -0.25) is 4.79 Å². The third kappa shape index (κ3) is 4.45. The van der Waals surface area contributed by atoms with Crippen LogP contribution in [0.3, 0.4) is 0 Å². The Morgan fingerprint density at radius 1 is 0.939 bits per heavy atom. The van der Waals surface area contributed by atoms with E-state index in [1.807, 2.05) is 24.3 Å². The minimum Gasteiger partial charge on any atom is -0.480 e. The fraction of sp³-hybridized carbons (Fsp3) is 0.423. The van der Waals surface area contributed by atoms with Gasteiger partial charge in [0.15, 0.2) is 0 Å². The largest absolute Gasteiger partial charge is 0.480 e. The van der Waals surface area contributed by atoms with E-state index in [2.05, 4.69) is 34.9 Å². The predicted molar refractivity (Wildman–Crippen MR) is 122 cm³/mol. The minimum absolute atomic E-state index is 0.000584. The third-order valence-electron chi connectivity index (χ3n) is 7.13. The summed E-state index contributed by atoms with van der Waals surface area (Å²) < 4.78 is 5.60. The van der Waals surface area contributed by atoms with Crippen molar-refractivity contribution in [1.29, 1.82) is 0 Å². The molecule has 0 bridgehead atoms. The van der Waals surface area contributed by atoms with E-state index in [0.29, 0.717) is 19.3 Å². The summed E-state index contributed by atoms with van der Waals surface area (Å²) >= 11 is 0. The summed E-state index contributed by atoms with van der Waals surface area (Å²) in [5.74, 6) is -1.45. The molecule has 0 spiro atoms. The average molecular weight is 449 g/mol. The Hall–Kier alpha value is -3.35. The Kier molecular flexibility index (Phi) is 5.79. The molecule has 2 aromatic rings. The number of nitrogens with one attached hydrogen (secondary N) is 2. The number of rotatable bonds is 7. The van der Waals surface area contributed by atoms with Crippen LogP contribution >= 0.6 is 0 Å². The number of amides is 2. The molecule has 2 amide bonds. The molecule has 33 heavy (non-hydrogen) atoms. The zero-order valence-corrected chi connectivity index (χ0v) is 18.3. The van der Waals surface area contributed by atoms with Crippen LogP contribution in [0.4, 0.5) is 4.79 Å². The van der Waals surface area contributed by atoms with Crippen LogP contribution in [-0.2, 0) is 14.3 Å². The summed E-state index contributed by atoms with van der Waals surface area (Å²) in [4.78, 5) is 36.4. The van der Waals surface area contributed by atoms with Crippen LogP contribution in [0.25, 0.3) is 11.1 Å². The standard InChI is InChI=1S/C26H28N2O5/c29-24(28-23(25(30)31)15-9-10-15)16-11-12-17(13-16)27-26(32)33-14-22-20-7-3-1-5-18(20)19-6-2-4-8-21(19)22/h1-8,15-17,22-23H,9-14H2,(H,27,32)(H,28,29)(H,30,31)/t16-,17+,23?/m0/s1. The number of carboxylic acid groups (broad SMARTS) is 1. The second kappa shape index (κ2) is 8.89. The van der Waals surface area contributed by atoms with Crippen molar-refractivity contribution < 1.29 is 24.2 Å². The molecule has 0 saturated heterocycles. The van der Waals surface area contributed by atoms with Crippen molar-refractivity contribution in [3.05, 3.63) is 59.7 Å². The molecule has 0 heterocycles. The van der Waals surface area contributed by atoms with E-state index >= 15 is 0 Å². The van der Waals surface area contributed by atoms with Gasteiger partial charge in [0, 0.05) is 17.9 Å². The van der Waals surface area contributed by atoms with Crippen molar-refractivity contribution in [2.75, 3.05) is 6.61 Å². The van der Waals surface area contributed by atoms with Gasteiger partial charge in [0.25, 0.3) is 0 Å². The summed E-state index contributed by atoms with van der Waals surface area (Å²) in [6, 6.07) is 15.4. The lowest BCUT2D eigenvalue weighted by atomic mass is 9.98. The molecule has 172 valence electrons. The third-order valence-corrected chi connectivity index (χ3v) is 7.13. The molecule has 3 aliphatic carbocycles. The van der Waals surface area contributed by atoms with Gasteiger partial charge in [0.05, 0.1) is 0 Å². The van der Waals surface area contributed by atoms with Gasteiger partial charge in [-0.25, -0.2) is 9.59 Å². The number of ether oxygens (including phenoxy) is 1. The highest BCUT2D eigenvalue weighted by Crippen LogP contribution is 2.44. The molecule has 3 atom stereocenters. The van der Waals surface area contributed by atoms with Crippen LogP contribution in [0.2, 0.25) is 0 Å². The number of hydrogen-bond acceptors (Lipinski definition) is 4. The SMILES string of the molecule is O=C(N[C@@H]1CC[C@H](C(=O)NC(C(=O)O)C2CC2)C1)OCC1c2ccccc2-c2ccccc21. The number of hydrogen-bond donors (Lipinski definition) is 3. The summed E-state index contributed by atoms with van der Waals surface area (Å²) in [5.41, 5.74) is 4.68. The summed E-state index contributed by atoms with van der Waals surface area (Å²) in [5, 5.41) is 14.9. The van der Waals surface area contributed by atoms with Gasteiger partial charge in [-0.05, 0) is 60.3 Å². The van der Waals surface area contributed by atoms with Gasteiger partial charge in [-0.2, -0.15) is 0 Å². The van der Waals surface area contributed by atoms with E-state index in [4.69, 9.17) is 4.74 Å². The molecule has 7 nitrogen and oxygen atoms in total. The van der Waals surface area contributed by atoms with E-state index in [1.165, 1.54) is 11.1 Å². The number of fused-ring (bicyclic) bond motifs is 3.